The van der Waals surface area contributed by atoms with Gasteiger partial charge in [-0.3, -0.25) is 4.98 Å². The van der Waals surface area contributed by atoms with Crippen molar-refractivity contribution in [2.24, 2.45) is 0 Å². The number of morpholine rings is 1. The van der Waals surface area contributed by atoms with Gasteiger partial charge in [-0.25, -0.2) is 4.52 Å². The Morgan fingerprint density at radius 1 is 1.12 bits per heavy atom. The normalized spacial score (nSPS) is 18.8. The fourth-order valence-electron chi connectivity index (χ4n) is 3.72. The summed E-state index contributed by atoms with van der Waals surface area (Å²) in [6, 6.07) is 8.30. The predicted octanol–water partition coefficient (Wildman–Crippen LogP) is 3.32. The van der Waals surface area contributed by atoms with Gasteiger partial charge in [0.05, 0.1) is 13.2 Å². The maximum absolute atomic E-state index is 5.43. The molecule has 4 heterocycles. The van der Waals surface area contributed by atoms with Gasteiger partial charge in [0.2, 0.25) is 5.95 Å². The van der Waals surface area contributed by atoms with Crippen molar-refractivity contribution in [3.8, 4) is 0 Å². The highest BCUT2D eigenvalue weighted by molar-refractivity contribution is 5.86. The van der Waals surface area contributed by atoms with E-state index in [-0.39, 0.29) is 0 Å². The van der Waals surface area contributed by atoms with Gasteiger partial charge in [-0.15, -0.1) is 5.10 Å². The van der Waals surface area contributed by atoms with Crippen molar-refractivity contribution in [1.82, 2.24) is 24.9 Å². The van der Waals surface area contributed by atoms with E-state index in [2.05, 4.69) is 44.3 Å². The summed E-state index contributed by atoms with van der Waals surface area (Å²) in [6.07, 6.45) is 13.4. The molecule has 0 atom stereocenters. The molecule has 3 aromatic rings. The minimum Gasteiger partial charge on any atom is -0.387 e. The van der Waals surface area contributed by atoms with E-state index in [9.17, 15) is 0 Å². The maximum Gasteiger partial charge on any atom is 0.247 e. The Kier molecular flexibility index (Phi) is 5.67. The molecule has 162 valence electrons. The quantitative estimate of drug-likeness (QED) is 0.661. The highest BCUT2D eigenvalue weighted by Gasteiger charge is 2.15. The van der Waals surface area contributed by atoms with Crippen LogP contribution in [0.25, 0.3) is 11.2 Å². The van der Waals surface area contributed by atoms with Crippen LogP contribution in [-0.4, -0.2) is 52.4 Å². The third-order valence-electron chi connectivity index (χ3n) is 5.39. The molecule has 8 nitrogen and oxygen atoms in total. The van der Waals surface area contributed by atoms with E-state index in [1.807, 2.05) is 42.6 Å². The molecule has 0 saturated carbocycles. The summed E-state index contributed by atoms with van der Waals surface area (Å²) in [7, 11) is 0. The number of hydrogen-bond acceptors (Lipinski definition) is 7. The predicted molar refractivity (Wildman–Crippen MR) is 127 cm³/mol. The lowest BCUT2D eigenvalue weighted by Crippen LogP contribution is -2.36. The lowest BCUT2D eigenvalue weighted by molar-refractivity contribution is 0.122. The fourth-order valence-corrected chi connectivity index (χ4v) is 3.72. The summed E-state index contributed by atoms with van der Waals surface area (Å²) < 4.78 is 7.17. The Morgan fingerprint density at radius 2 is 1.97 bits per heavy atom. The molecule has 0 bridgehead atoms. The third kappa shape index (κ3) is 4.26. The van der Waals surface area contributed by atoms with E-state index in [4.69, 9.17) is 9.72 Å². The average Bonchev–Trinajstić information content (AvgIpc) is 3.28. The van der Waals surface area contributed by atoms with Crippen LogP contribution in [0.1, 0.15) is 5.69 Å². The van der Waals surface area contributed by atoms with Gasteiger partial charge in [0.25, 0.3) is 0 Å². The number of rotatable bonds is 4. The molecule has 0 amide bonds. The van der Waals surface area contributed by atoms with Crippen LogP contribution in [0.15, 0.2) is 79.3 Å². The van der Waals surface area contributed by atoms with E-state index in [0.29, 0.717) is 11.6 Å². The van der Waals surface area contributed by atoms with Crippen molar-refractivity contribution in [1.29, 1.82) is 0 Å². The standard InChI is InChI=1S/C24H25N7O/c1-18-9-11-25-10-3-2-4-21(18)22-23-28-24(29-31(23)13-12-26-22)27-19-5-7-20(8-6-19)30-14-16-32-17-15-30/h2-9,11-13,25H,1,10,14-17H2,(H,27,29)/b3-2-,11-9-,21-4?. The number of aromatic nitrogens is 4. The zero-order chi connectivity index (χ0) is 21.8. The van der Waals surface area contributed by atoms with Gasteiger partial charge in [0.15, 0.2) is 5.65 Å². The second-order valence-corrected chi connectivity index (χ2v) is 7.53. The Bertz CT molecular complexity index is 1200. The zero-order valence-electron chi connectivity index (χ0n) is 17.7. The lowest BCUT2D eigenvalue weighted by Gasteiger charge is -2.28. The van der Waals surface area contributed by atoms with Crippen LogP contribution in [0.3, 0.4) is 0 Å². The second kappa shape index (κ2) is 9.07. The first kappa shape index (κ1) is 20.0. The Morgan fingerprint density at radius 3 is 2.81 bits per heavy atom. The number of nitrogens with one attached hydrogen (secondary N) is 2. The molecule has 2 aliphatic heterocycles. The largest absolute Gasteiger partial charge is 0.387 e. The number of nitrogens with zero attached hydrogens (tertiary/aromatic N) is 5. The Balaban J connectivity index is 1.41. The third-order valence-corrected chi connectivity index (χ3v) is 5.39. The van der Waals surface area contributed by atoms with Gasteiger partial charge < -0.3 is 20.3 Å². The fraction of sp³-hybridized carbons (Fsp3) is 0.208. The topological polar surface area (TPSA) is 79.6 Å². The molecule has 5 rings (SSSR count). The maximum atomic E-state index is 5.43. The van der Waals surface area contributed by atoms with Crippen LogP contribution >= 0.6 is 0 Å². The number of hydrogen-bond donors (Lipinski definition) is 2. The van der Waals surface area contributed by atoms with Crippen molar-refractivity contribution in [2.45, 2.75) is 0 Å². The Hall–Kier alpha value is -3.91. The highest BCUT2D eigenvalue weighted by Crippen LogP contribution is 2.26. The number of fused-ring (bicyclic) bond motifs is 1. The van der Waals surface area contributed by atoms with Crippen LogP contribution in [0.2, 0.25) is 0 Å². The molecular formula is C24H25N7O. The molecule has 1 aromatic carbocycles. The average molecular weight is 428 g/mol. The summed E-state index contributed by atoms with van der Waals surface area (Å²) >= 11 is 0. The molecule has 32 heavy (non-hydrogen) atoms. The van der Waals surface area contributed by atoms with E-state index in [0.717, 1.165) is 55.4 Å². The SMILES string of the molecule is C=C1/C=C\NC/C=C\C=C1c1nccn2nc(Nc3ccc(N4CCOCC4)cc3)nc12. The van der Waals surface area contributed by atoms with Crippen molar-refractivity contribution in [2.75, 3.05) is 43.1 Å². The first-order chi connectivity index (χ1) is 15.8. The summed E-state index contributed by atoms with van der Waals surface area (Å²) in [5.74, 6) is 0.514. The molecular weight excluding hydrogens is 402 g/mol. The second-order valence-electron chi connectivity index (χ2n) is 7.53. The summed E-state index contributed by atoms with van der Waals surface area (Å²) in [4.78, 5) is 11.6. The van der Waals surface area contributed by atoms with Crippen LogP contribution in [0.4, 0.5) is 17.3 Å². The van der Waals surface area contributed by atoms with Crippen LogP contribution in [0.5, 0.6) is 0 Å². The lowest BCUT2D eigenvalue weighted by atomic mass is 10.0. The number of anilines is 3. The summed E-state index contributed by atoms with van der Waals surface area (Å²) in [5, 5.41) is 11.1. The molecule has 0 aliphatic carbocycles. The monoisotopic (exact) mass is 427 g/mol. The molecule has 1 saturated heterocycles. The van der Waals surface area contributed by atoms with Gasteiger partial charge in [-0.2, -0.15) is 4.98 Å². The summed E-state index contributed by atoms with van der Waals surface area (Å²) in [5.41, 5.74) is 5.27. The molecule has 0 spiro atoms. The first-order valence-electron chi connectivity index (χ1n) is 10.7. The van der Waals surface area contributed by atoms with Crippen LogP contribution in [0, 0.1) is 0 Å². The van der Waals surface area contributed by atoms with Crippen LogP contribution < -0.4 is 15.5 Å². The minimum absolute atomic E-state index is 0.514. The van der Waals surface area contributed by atoms with Crippen molar-refractivity contribution in [3.05, 3.63) is 85.0 Å². The van der Waals surface area contributed by atoms with Gasteiger partial charge in [-0.1, -0.05) is 24.8 Å². The smallest absolute Gasteiger partial charge is 0.247 e. The molecule has 2 aromatic heterocycles. The van der Waals surface area contributed by atoms with Crippen LogP contribution in [-0.2, 0) is 4.74 Å². The van der Waals surface area contributed by atoms with Gasteiger partial charge in [0, 0.05) is 49.0 Å². The Labute approximate surface area is 186 Å². The first-order valence-corrected chi connectivity index (χ1v) is 10.7. The van der Waals surface area contributed by atoms with Gasteiger partial charge >= 0.3 is 0 Å². The van der Waals surface area contributed by atoms with Gasteiger partial charge in [-0.05, 0) is 42.1 Å². The molecule has 0 unspecified atom stereocenters. The van der Waals surface area contributed by atoms with E-state index in [1.165, 1.54) is 5.69 Å². The molecule has 8 heteroatoms. The molecule has 0 radical (unpaired) electrons. The zero-order valence-corrected chi connectivity index (χ0v) is 17.7. The van der Waals surface area contributed by atoms with Gasteiger partial charge in [0.1, 0.15) is 5.69 Å². The molecule has 2 aliphatic rings. The summed E-state index contributed by atoms with van der Waals surface area (Å²) in [6.45, 7) is 8.32. The molecule has 1 fully saturated rings. The van der Waals surface area contributed by atoms with E-state index in [1.54, 1.807) is 16.9 Å². The number of benzene rings is 1. The van der Waals surface area contributed by atoms with E-state index < -0.39 is 0 Å². The van der Waals surface area contributed by atoms with Crippen molar-refractivity contribution in [3.63, 3.8) is 0 Å². The number of ether oxygens (including phenoxy) is 1. The minimum atomic E-state index is 0.514. The highest BCUT2D eigenvalue weighted by atomic mass is 16.5. The van der Waals surface area contributed by atoms with Crippen molar-refractivity contribution < 1.29 is 4.74 Å². The number of allylic oxidation sites excluding steroid dienone is 5. The van der Waals surface area contributed by atoms with E-state index >= 15 is 0 Å². The van der Waals surface area contributed by atoms with Crippen molar-refractivity contribution >= 4 is 28.5 Å². The molecule has 2 N–H and O–H groups in total.